The lowest BCUT2D eigenvalue weighted by Crippen LogP contribution is -2.28. The molecule has 30 heavy (non-hydrogen) atoms. The molecule has 152 valence electrons. The second-order valence-corrected chi connectivity index (χ2v) is 7.70. The zero-order valence-electron chi connectivity index (χ0n) is 16.2. The summed E-state index contributed by atoms with van der Waals surface area (Å²) in [6.07, 6.45) is 2.83. The van der Waals surface area contributed by atoms with E-state index in [1.54, 1.807) is 18.2 Å². The fourth-order valence-electron chi connectivity index (χ4n) is 2.88. The molecule has 0 aliphatic carbocycles. The summed E-state index contributed by atoms with van der Waals surface area (Å²) in [5.41, 5.74) is 0.844. The van der Waals surface area contributed by atoms with Crippen LogP contribution in [0.5, 0.6) is 5.75 Å². The van der Waals surface area contributed by atoms with E-state index >= 15 is 0 Å². The summed E-state index contributed by atoms with van der Waals surface area (Å²) in [7, 11) is 0. The quantitative estimate of drug-likeness (QED) is 0.477. The third-order valence-corrected chi connectivity index (χ3v) is 5.35. The van der Waals surface area contributed by atoms with E-state index < -0.39 is 5.56 Å². The molecule has 0 atom stereocenters. The molecule has 0 unspecified atom stereocenters. The lowest BCUT2D eigenvalue weighted by Gasteiger charge is -2.03. The summed E-state index contributed by atoms with van der Waals surface area (Å²) in [6, 6.07) is 13.2. The van der Waals surface area contributed by atoms with Crippen LogP contribution >= 0.6 is 11.3 Å². The number of nitrogens with zero attached hydrogens (tertiary/aromatic N) is 3. The number of aromatic nitrogens is 3. The first-order valence-corrected chi connectivity index (χ1v) is 10.3. The van der Waals surface area contributed by atoms with Crippen LogP contribution in [-0.2, 0) is 6.42 Å². The largest absolute Gasteiger partial charge is 0.494 e. The smallest absolute Gasteiger partial charge is 0.296 e. The van der Waals surface area contributed by atoms with E-state index in [9.17, 15) is 14.0 Å². The van der Waals surface area contributed by atoms with Crippen molar-refractivity contribution in [3.63, 3.8) is 0 Å². The summed E-state index contributed by atoms with van der Waals surface area (Å²) in [4.78, 5) is 29.3. The number of ether oxygens (including phenoxy) is 1. The highest BCUT2D eigenvalue weighted by Crippen LogP contribution is 2.13. The van der Waals surface area contributed by atoms with Crippen LogP contribution in [0.1, 0.15) is 30.2 Å². The third kappa shape index (κ3) is 4.28. The lowest BCUT2D eigenvalue weighted by molar-refractivity contribution is 0.317. The molecule has 2 aromatic carbocycles. The molecule has 0 N–H and O–H groups in total. The van der Waals surface area contributed by atoms with Crippen LogP contribution in [0.4, 0.5) is 4.39 Å². The van der Waals surface area contributed by atoms with E-state index in [1.165, 1.54) is 12.1 Å². The van der Waals surface area contributed by atoms with Crippen LogP contribution in [0.2, 0.25) is 0 Å². The Balaban J connectivity index is 1.68. The van der Waals surface area contributed by atoms with Gasteiger partial charge < -0.3 is 4.74 Å². The fraction of sp³-hybridized carbons (Fsp3) is 0.182. The molecule has 8 heteroatoms. The predicted molar refractivity (Wildman–Crippen MR) is 114 cm³/mol. The molecular formula is C22H18FN3O3S. The van der Waals surface area contributed by atoms with E-state index in [4.69, 9.17) is 4.74 Å². The van der Waals surface area contributed by atoms with Crippen LogP contribution in [0.15, 0.2) is 58.1 Å². The molecule has 0 saturated carbocycles. The lowest BCUT2D eigenvalue weighted by atomic mass is 10.1. The average Bonchev–Trinajstić information content (AvgIpc) is 3.04. The second-order valence-electron chi connectivity index (χ2n) is 6.69. The minimum atomic E-state index is -0.496. The van der Waals surface area contributed by atoms with Gasteiger partial charge in [0.1, 0.15) is 17.3 Å². The number of halogens is 1. The van der Waals surface area contributed by atoms with Crippen molar-refractivity contribution in [2.24, 2.45) is 0 Å². The normalized spacial score (nSPS) is 11.9. The van der Waals surface area contributed by atoms with Gasteiger partial charge in [-0.1, -0.05) is 42.5 Å². The number of fused-ring (bicyclic) bond motifs is 1. The maximum atomic E-state index is 13.1. The molecule has 2 heterocycles. The monoisotopic (exact) mass is 423 g/mol. The summed E-state index contributed by atoms with van der Waals surface area (Å²) in [5.74, 6) is 0.411. The van der Waals surface area contributed by atoms with Crippen LogP contribution in [0.25, 0.3) is 11.0 Å². The standard InChI is InChI=1S/C22H18FN3O3S/c1-2-11-29-17-9-5-15(6-10-17)13-19-21(28)26-22(30-19)24-20(27)18(25-26)12-14-3-7-16(23)8-4-14/h3-10,13H,2,11-12H2,1H3. The van der Waals surface area contributed by atoms with Gasteiger partial charge in [-0.25, -0.2) is 4.39 Å². The molecule has 0 spiro atoms. The van der Waals surface area contributed by atoms with E-state index in [1.807, 2.05) is 31.2 Å². The number of thiazole rings is 1. The highest BCUT2D eigenvalue weighted by atomic mass is 32.1. The van der Waals surface area contributed by atoms with Gasteiger partial charge in [-0.2, -0.15) is 14.6 Å². The maximum absolute atomic E-state index is 13.1. The van der Waals surface area contributed by atoms with E-state index in [2.05, 4.69) is 10.1 Å². The van der Waals surface area contributed by atoms with Crippen molar-refractivity contribution in [1.82, 2.24) is 14.6 Å². The molecule has 4 aromatic rings. The molecule has 0 bridgehead atoms. The molecule has 0 saturated heterocycles. The first-order valence-electron chi connectivity index (χ1n) is 9.45. The molecule has 0 radical (unpaired) electrons. The molecule has 0 fully saturated rings. The fourth-order valence-corrected chi connectivity index (χ4v) is 3.78. The molecule has 0 aliphatic rings. The highest BCUT2D eigenvalue weighted by Gasteiger charge is 2.12. The number of rotatable bonds is 6. The summed E-state index contributed by atoms with van der Waals surface area (Å²) >= 11 is 1.11. The Hall–Kier alpha value is -3.39. The van der Waals surface area contributed by atoms with Gasteiger partial charge in [0, 0.05) is 6.42 Å². The van der Waals surface area contributed by atoms with Crippen molar-refractivity contribution < 1.29 is 9.13 Å². The molecule has 2 aromatic heterocycles. The summed E-state index contributed by atoms with van der Waals surface area (Å²) in [6.45, 7) is 2.69. The molecule has 0 amide bonds. The van der Waals surface area contributed by atoms with Crippen molar-refractivity contribution in [1.29, 1.82) is 0 Å². The predicted octanol–water partition coefficient (Wildman–Crippen LogP) is 2.58. The van der Waals surface area contributed by atoms with Crippen LogP contribution in [-0.4, -0.2) is 21.2 Å². The van der Waals surface area contributed by atoms with E-state index in [0.717, 1.165) is 33.6 Å². The Labute approximate surface area is 174 Å². The second kappa shape index (κ2) is 8.54. The van der Waals surface area contributed by atoms with Gasteiger partial charge in [0.2, 0.25) is 4.96 Å². The third-order valence-electron chi connectivity index (χ3n) is 4.39. The van der Waals surface area contributed by atoms with Crippen molar-refractivity contribution in [3.05, 3.63) is 96.4 Å². The molecular weight excluding hydrogens is 405 g/mol. The van der Waals surface area contributed by atoms with E-state index in [0.29, 0.717) is 16.7 Å². The van der Waals surface area contributed by atoms with Crippen LogP contribution in [0.3, 0.4) is 0 Å². The minimum Gasteiger partial charge on any atom is -0.494 e. The average molecular weight is 423 g/mol. The Morgan fingerprint density at radius 2 is 1.83 bits per heavy atom. The van der Waals surface area contributed by atoms with Gasteiger partial charge in [-0.15, -0.1) is 0 Å². The Morgan fingerprint density at radius 3 is 2.53 bits per heavy atom. The minimum absolute atomic E-state index is 0.137. The number of benzene rings is 2. The summed E-state index contributed by atoms with van der Waals surface area (Å²) < 4.78 is 20.2. The topological polar surface area (TPSA) is 73.6 Å². The Morgan fingerprint density at radius 1 is 1.10 bits per heavy atom. The zero-order valence-corrected chi connectivity index (χ0v) is 17.0. The van der Waals surface area contributed by atoms with Crippen molar-refractivity contribution >= 4 is 22.4 Å². The number of hydrogen-bond donors (Lipinski definition) is 0. The van der Waals surface area contributed by atoms with Gasteiger partial charge in [-0.3, -0.25) is 9.59 Å². The summed E-state index contributed by atoms with van der Waals surface area (Å²) in [5, 5.41) is 4.21. The number of hydrogen-bond acceptors (Lipinski definition) is 6. The SMILES string of the molecule is CCCOc1ccc(C=c2sc3nc(=O)c(Cc4ccc(F)cc4)nn3c2=O)cc1. The van der Waals surface area contributed by atoms with E-state index in [-0.39, 0.29) is 28.5 Å². The molecule has 6 nitrogen and oxygen atoms in total. The van der Waals surface area contributed by atoms with Crippen molar-refractivity contribution in [2.45, 2.75) is 19.8 Å². The van der Waals surface area contributed by atoms with Gasteiger partial charge in [0.15, 0.2) is 0 Å². The first kappa shape index (κ1) is 19.9. The van der Waals surface area contributed by atoms with Gasteiger partial charge >= 0.3 is 0 Å². The van der Waals surface area contributed by atoms with Crippen LogP contribution < -0.4 is 20.4 Å². The maximum Gasteiger partial charge on any atom is 0.296 e. The van der Waals surface area contributed by atoms with Gasteiger partial charge in [0.05, 0.1) is 11.1 Å². The Kier molecular flexibility index (Phi) is 5.67. The van der Waals surface area contributed by atoms with Crippen molar-refractivity contribution in [3.8, 4) is 5.75 Å². The van der Waals surface area contributed by atoms with Gasteiger partial charge in [0.25, 0.3) is 11.1 Å². The highest BCUT2D eigenvalue weighted by molar-refractivity contribution is 7.15. The zero-order chi connectivity index (χ0) is 21.1. The Bertz CT molecular complexity index is 1350. The van der Waals surface area contributed by atoms with Crippen LogP contribution in [0, 0.1) is 5.82 Å². The van der Waals surface area contributed by atoms with Crippen molar-refractivity contribution in [2.75, 3.05) is 6.61 Å². The molecule has 0 aliphatic heterocycles. The van der Waals surface area contributed by atoms with Gasteiger partial charge in [-0.05, 0) is 47.9 Å². The molecule has 4 rings (SSSR count). The first-order chi connectivity index (χ1) is 14.5.